The van der Waals surface area contributed by atoms with Crippen LogP contribution in [0.4, 0.5) is 13.2 Å². The highest BCUT2D eigenvalue weighted by atomic mass is 19.4. The average Bonchev–Trinajstić information content (AvgIpc) is 2.86. The Morgan fingerprint density at radius 2 is 2.00 bits per heavy atom. The van der Waals surface area contributed by atoms with Gasteiger partial charge in [0, 0.05) is 13.2 Å². The SMILES string of the molecule is CC(C)c1nc(/C=C/c2cc(C(F)(F)F)nn2C)ncc1C(=O)O. The number of hydrogen-bond acceptors (Lipinski definition) is 4. The van der Waals surface area contributed by atoms with Gasteiger partial charge in [-0.05, 0) is 24.1 Å². The highest BCUT2D eigenvalue weighted by Crippen LogP contribution is 2.28. The molecule has 0 unspecified atom stereocenters. The highest BCUT2D eigenvalue weighted by Gasteiger charge is 2.34. The summed E-state index contributed by atoms with van der Waals surface area (Å²) < 4.78 is 39.0. The van der Waals surface area contributed by atoms with Crippen LogP contribution >= 0.6 is 0 Å². The summed E-state index contributed by atoms with van der Waals surface area (Å²) in [6, 6.07) is 0.908. The van der Waals surface area contributed by atoms with E-state index in [2.05, 4.69) is 15.1 Å². The summed E-state index contributed by atoms with van der Waals surface area (Å²) >= 11 is 0. The number of rotatable bonds is 4. The molecule has 0 atom stereocenters. The van der Waals surface area contributed by atoms with Crippen LogP contribution in [0.15, 0.2) is 12.3 Å². The van der Waals surface area contributed by atoms with Crippen LogP contribution in [0.1, 0.15) is 53.0 Å². The van der Waals surface area contributed by atoms with Crippen molar-refractivity contribution in [2.75, 3.05) is 0 Å². The maximum atomic E-state index is 12.6. The van der Waals surface area contributed by atoms with E-state index in [1.165, 1.54) is 25.4 Å². The van der Waals surface area contributed by atoms with Gasteiger partial charge in [-0.2, -0.15) is 18.3 Å². The quantitative estimate of drug-likeness (QED) is 0.924. The van der Waals surface area contributed by atoms with Crippen molar-refractivity contribution < 1.29 is 23.1 Å². The first-order valence-electron chi connectivity index (χ1n) is 6.99. The highest BCUT2D eigenvalue weighted by molar-refractivity contribution is 5.88. The van der Waals surface area contributed by atoms with E-state index >= 15 is 0 Å². The van der Waals surface area contributed by atoms with Crippen LogP contribution in [0.2, 0.25) is 0 Å². The van der Waals surface area contributed by atoms with Gasteiger partial charge in [0.1, 0.15) is 0 Å². The van der Waals surface area contributed by atoms with Crippen molar-refractivity contribution in [1.82, 2.24) is 19.7 Å². The zero-order valence-electron chi connectivity index (χ0n) is 13.2. The van der Waals surface area contributed by atoms with E-state index < -0.39 is 17.8 Å². The van der Waals surface area contributed by atoms with Gasteiger partial charge in [0.2, 0.25) is 0 Å². The van der Waals surface area contributed by atoms with Crippen LogP contribution in [0.5, 0.6) is 0 Å². The van der Waals surface area contributed by atoms with Gasteiger partial charge in [0.25, 0.3) is 0 Å². The van der Waals surface area contributed by atoms with Gasteiger partial charge >= 0.3 is 12.1 Å². The molecule has 9 heteroatoms. The maximum absolute atomic E-state index is 12.6. The Morgan fingerprint density at radius 3 is 2.50 bits per heavy atom. The molecule has 0 aromatic carbocycles. The van der Waals surface area contributed by atoms with Gasteiger partial charge < -0.3 is 5.11 Å². The smallest absolute Gasteiger partial charge is 0.435 e. The average molecular weight is 340 g/mol. The number of aryl methyl sites for hydroxylation is 1. The van der Waals surface area contributed by atoms with Crippen LogP contribution in [-0.4, -0.2) is 30.8 Å². The van der Waals surface area contributed by atoms with E-state index in [9.17, 15) is 18.0 Å². The Bertz CT molecular complexity index is 795. The third kappa shape index (κ3) is 3.79. The van der Waals surface area contributed by atoms with E-state index in [1.54, 1.807) is 13.8 Å². The molecule has 128 valence electrons. The van der Waals surface area contributed by atoms with Crippen LogP contribution in [0.25, 0.3) is 12.2 Å². The number of nitrogens with zero attached hydrogens (tertiary/aromatic N) is 4. The number of aromatic carboxylic acids is 1. The fourth-order valence-electron chi connectivity index (χ4n) is 2.03. The van der Waals surface area contributed by atoms with Crippen molar-refractivity contribution in [3.8, 4) is 0 Å². The number of carbonyl (C=O) groups is 1. The summed E-state index contributed by atoms with van der Waals surface area (Å²) in [6.07, 6.45) is -0.528. The second-order valence-corrected chi connectivity index (χ2v) is 5.40. The molecular weight excluding hydrogens is 325 g/mol. The molecule has 1 N–H and O–H groups in total. The molecule has 0 fully saturated rings. The van der Waals surface area contributed by atoms with E-state index in [-0.39, 0.29) is 23.0 Å². The summed E-state index contributed by atoms with van der Waals surface area (Å²) in [5, 5.41) is 12.5. The third-order valence-corrected chi connectivity index (χ3v) is 3.22. The number of hydrogen-bond donors (Lipinski definition) is 1. The predicted molar refractivity (Wildman–Crippen MR) is 80.2 cm³/mol. The van der Waals surface area contributed by atoms with Gasteiger partial charge in [-0.1, -0.05) is 13.8 Å². The minimum atomic E-state index is -4.52. The Balaban J connectivity index is 2.35. The van der Waals surface area contributed by atoms with Crippen LogP contribution < -0.4 is 0 Å². The van der Waals surface area contributed by atoms with E-state index in [1.807, 2.05) is 0 Å². The van der Waals surface area contributed by atoms with Crippen molar-refractivity contribution >= 4 is 18.1 Å². The van der Waals surface area contributed by atoms with E-state index in [0.29, 0.717) is 5.69 Å². The lowest BCUT2D eigenvalue weighted by molar-refractivity contribution is -0.141. The van der Waals surface area contributed by atoms with Crippen molar-refractivity contribution in [1.29, 1.82) is 0 Å². The fraction of sp³-hybridized carbons (Fsp3) is 0.333. The van der Waals surface area contributed by atoms with Gasteiger partial charge in [-0.25, -0.2) is 14.8 Å². The Labute approximate surface area is 135 Å². The minimum Gasteiger partial charge on any atom is -0.478 e. The first-order valence-corrected chi connectivity index (χ1v) is 6.99. The zero-order valence-corrected chi connectivity index (χ0v) is 13.2. The molecular formula is C15H15F3N4O2. The van der Waals surface area contributed by atoms with Crippen molar-refractivity contribution in [3.05, 3.63) is 40.7 Å². The Morgan fingerprint density at radius 1 is 1.33 bits per heavy atom. The molecule has 0 aliphatic rings. The molecule has 0 spiro atoms. The second kappa shape index (κ2) is 6.42. The molecule has 24 heavy (non-hydrogen) atoms. The summed E-state index contributed by atoms with van der Waals surface area (Å²) in [7, 11) is 1.39. The Kier molecular flexibility index (Phi) is 4.72. The molecule has 0 saturated heterocycles. The normalized spacial score (nSPS) is 12.3. The number of alkyl halides is 3. The van der Waals surface area contributed by atoms with Crippen molar-refractivity contribution in [3.63, 3.8) is 0 Å². The van der Waals surface area contributed by atoms with Gasteiger partial charge in [0.15, 0.2) is 11.5 Å². The molecule has 6 nitrogen and oxygen atoms in total. The molecule has 2 rings (SSSR count). The summed E-state index contributed by atoms with van der Waals surface area (Å²) in [5.41, 5.74) is -0.408. The largest absolute Gasteiger partial charge is 0.478 e. The predicted octanol–water partition coefficient (Wildman–Crippen LogP) is 3.22. The molecule has 0 bridgehead atoms. The molecule has 0 aliphatic carbocycles. The summed E-state index contributed by atoms with van der Waals surface area (Å²) in [4.78, 5) is 19.2. The van der Waals surface area contributed by atoms with Gasteiger partial charge in [-0.15, -0.1) is 0 Å². The lowest BCUT2D eigenvalue weighted by atomic mass is 10.1. The maximum Gasteiger partial charge on any atom is 0.435 e. The molecule has 0 radical (unpaired) electrons. The topological polar surface area (TPSA) is 80.9 Å². The number of aromatic nitrogens is 4. The molecule has 2 heterocycles. The minimum absolute atomic E-state index is 0.00189. The number of halogens is 3. The standard InChI is InChI=1S/C15H15F3N4O2/c1-8(2)13-10(14(23)24)7-19-12(20-13)5-4-9-6-11(15(16,17)18)21-22(9)3/h4-8H,1-3H3,(H,23,24)/b5-4+. The van der Waals surface area contributed by atoms with Crippen LogP contribution in [0, 0.1) is 0 Å². The van der Waals surface area contributed by atoms with Crippen molar-refractivity contribution in [2.24, 2.45) is 7.05 Å². The van der Waals surface area contributed by atoms with Gasteiger partial charge in [-0.3, -0.25) is 4.68 Å². The lowest BCUT2D eigenvalue weighted by Crippen LogP contribution is -2.08. The number of carboxylic acid groups (broad SMARTS) is 1. The number of carboxylic acids is 1. The van der Waals surface area contributed by atoms with Crippen LogP contribution in [-0.2, 0) is 13.2 Å². The van der Waals surface area contributed by atoms with Crippen LogP contribution in [0.3, 0.4) is 0 Å². The second-order valence-electron chi connectivity index (χ2n) is 5.40. The fourth-order valence-corrected chi connectivity index (χ4v) is 2.03. The molecule has 2 aromatic heterocycles. The molecule has 2 aromatic rings. The van der Waals surface area contributed by atoms with Crippen molar-refractivity contribution in [2.45, 2.75) is 25.9 Å². The molecule has 0 saturated carbocycles. The lowest BCUT2D eigenvalue weighted by Gasteiger charge is -2.08. The van der Waals surface area contributed by atoms with E-state index in [0.717, 1.165) is 10.7 Å². The monoisotopic (exact) mass is 340 g/mol. The summed E-state index contributed by atoms with van der Waals surface area (Å²) in [6.45, 7) is 3.58. The third-order valence-electron chi connectivity index (χ3n) is 3.22. The summed E-state index contributed by atoms with van der Waals surface area (Å²) in [5.74, 6) is -1.06. The van der Waals surface area contributed by atoms with Gasteiger partial charge in [0.05, 0.1) is 17.0 Å². The molecule has 0 amide bonds. The van der Waals surface area contributed by atoms with E-state index in [4.69, 9.17) is 5.11 Å². The first kappa shape index (κ1) is 17.6. The molecule has 0 aliphatic heterocycles. The Hall–Kier alpha value is -2.71. The zero-order chi connectivity index (χ0) is 18.1. The first-order chi connectivity index (χ1) is 11.1.